The molecular formula is C26H36O4. The smallest absolute Gasteiger partial charge is 0.165 e. The fourth-order valence-corrected chi connectivity index (χ4v) is 4.73. The van der Waals surface area contributed by atoms with Crippen LogP contribution in [-0.4, -0.2) is 22.4 Å². The standard InChI is InChI=1S/C26H36O4/c1-8-9-14-29-23-20(28)13-11-18-22(23)26(7,16-25(18,5)6)17-10-12-19(27)21(15-17)30-24(2,3)4/h10-13,15,27-28H,8-9,14,16H2,1-7H3. The molecule has 2 N–H and O–H groups in total. The van der Waals surface area contributed by atoms with Gasteiger partial charge in [-0.25, -0.2) is 0 Å². The van der Waals surface area contributed by atoms with Crippen LogP contribution in [0, 0.1) is 0 Å². The molecule has 30 heavy (non-hydrogen) atoms. The average Bonchev–Trinajstić information content (AvgIpc) is 2.84. The molecule has 0 spiro atoms. The molecule has 0 amide bonds. The Hall–Kier alpha value is -2.36. The van der Waals surface area contributed by atoms with E-state index in [1.807, 2.05) is 39.0 Å². The Morgan fingerprint density at radius 1 is 1.00 bits per heavy atom. The van der Waals surface area contributed by atoms with Crippen molar-refractivity contribution in [2.24, 2.45) is 0 Å². The fourth-order valence-electron chi connectivity index (χ4n) is 4.73. The van der Waals surface area contributed by atoms with Crippen molar-refractivity contribution in [1.82, 2.24) is 0 Å². The third kappa shape index (κ3) is 4.10. The largest absolute Gasteiger partial charge is 0.504 e. The molecule has 2 aromatic rings. The lowest BCUT2D eigenvalue weighted by molar-refractivity contribution is 0.125. The molecule has 0 saturated heterocycles. The minimum Gasteiger partial charge on any atom is -0.504 e. The first-order valence-electron chi connectivity index (χ1n) is 10.9. The molecule has 0 fully saturated rings. The van der Waals surface area contributed by atoms with E-state index in [1.165, 1.54) is 5.56 Å². The minimum absolute atomic E-state index is 0.0798. The summed E-state index contributed by atoms with van der Waals surface area (Å²) < 4.78 is 12.2. The van der Waals surface area contributed by atoms with Crippen LogP contribution >= 0.6 is 0 Å². The topological polar surface area (TPSA) is 58.9 Å². The van der Waals surface area contributed by atoms with Crippen LogP contribution in [0.2, 0.25) is 0 Å². The number of rotatable bonds is 6. The molecule has 4 heteroatoms. The first kappa shape index (κ1) is 22.3. The van der Waals surface area contributed by atoms with Crippen molar-refractivity contribution in [1.29, 1.82) is 0 Å². The van der Waals surface area contributed by atoms with Crippen LogP contribution in [0.5, 0.6) is 23.0 Å². The number of benzene rings is 2. The highest BCUT2D eigenvalue weighted by atomic mass is 16.5. The summed E-state index contributed by atoms with van der Waals surface area (Å²) in [6.45, 7) is 15.3. The minimum atomic E-state index is -0.420. The highest BCUT2D eigenvalue weighted by molar-refractivity contribution is 5.63. The number of aromatic hydroxyl groups is 2. The molecule has 2 aromatic carbocycles. The maximum atomic E-state index is 10.7. The summed E-state index contributed by atoms with van der Waals surface area (Å²) in [5.41, 5.74) is 2.39. The second-order valence-corrected chi connectivity index (χ2v) is 10.3. The number of unbranched alkanes of at least 4 members (excludes halogenated alkanes) is 1. The number of phenolic OH excluding ortho intramolecular Hbond substituents is 2. The Balaban J connectivity index is 2.16. The van der Waals surface area contributed by atoms with Gasteiger partial charge in [-0.15, -0.1) is 0 Å². The lowest BCUT2D eigenvalue weighted by atomic mass is 9.74. The predicted molar refractivity (Wildman–Crippen MR) is 121 cm³/mol. The Bertz CT molecular complexity index is 923. The van der Waals surface area contributed by atoms with Gasteiger partial charge in [-0.3, -0.25) is 0 Å². The molecule has 0 heterocycles. The van der Waals surface area contributed by atoms with Crippen LogP contribution < -0.4 is 9.47 Å². The van der Waals surface area contributed by atoms with Crippen molar-refractivity contribution < 1.29 is 19.7 Å². The zero-order chi connectivity index (χ0) is 22.3. The van der Waals surface area contributed by atoms with Crippen molar-refractivity contribution in [3.8, 4) is 23.0 Å². The van der Waals surface area contributed by atoms with Crippen molar-refractivity contribution in [3.05, 3.63) is 47.0 Å². The van der Waals surface area contributed by atoms with E-state index in [4.69, 9.17) is 9.47 Å². The van der Waals surface area contributed by atoms with Gasteiger partial charge in [-0.1, -0.05) is 46.2 Å². The van der Waals surface area contributed by atoms with Crippen LogP contribution in [0.15, 0.2) is 30.3 Å². The first-order valence-corrected chi connectivity index (χ1v) is 10.9. The molecule has 0 radical (unpaired) electrons. The van der Waals surface area contributed by atoms with Gasteiger partial charge in [0.25, 0.3) is 0 Å². The van der Waals surface area contributed by atoms with Gasteiger partial charge in [0.2, 0.25) is 0 Å². The maximum Gasteiger partial charge on any atom is 0.165 e. The summed E-state index contributed by atoms with van der Waals surface area (Å²) in [5, 5.41) is 21.1. The lowest BCUT2D eigenvalue weighted by Gasteiger charge is -2.31. The van der Waals surface area contributed by atoms with Crippen molar-refractivity contribution in [2.45, 2.75) is 84.2 Å². The summed E-state index contributed by atoms with van der Waals surface area (Å²) in [6.07, 6.45) is 2.83. The Morgan fingerprint density at radius 3 is 2.30 bits per heavy atom. The molecule has 1 atom stereocenters. The van der Waals surface area contributed by atoms with Crippen LogP contribution in [0.3, 0.4) is 0 Å². The molecule has 0 bridgehead atoms. The Labute approximate surface area is 180 Å². The third-order valence-corrected chi connectivity index (χ3v) is 5.97. The summed E-state index contributed by atoms with van der Waals surface area (Å²) in [6, 6.07) is 9.36. The number of hydrogen-bond acceptors (Lipinski definition) is 4. The van der Waals surface area contributed by atoms with Gasteiger partial charge in [0, 0.05) is 11.0 Å². The molecule has 164 valence electrons. The SMILES string of the molecule is CCCCOc1c(O)ccc2c1C(C)(c1ccc(O)c(OC(C)(C)C)c1)CC2(C)C. The second-order valence-electron chi connectivity index (χ2n) is 10.3. The summed E-state index contributed by atoms with van der Waals surface area (Å²) >= 11 is 0. The van der Waals surface area contributed by atoms with Crippen molar-refractivity contribution in [3.63, 3.8) is 0 Å². The van der Waals surface area contributed by atoms with E-state index in [9.17, 15) is 10.2 Å². The average molecular weight is 413 g/mol. The molecule has 1 unspecified atom stereocenters. The van der Waals surface area contributed by atoms with Crippen molar-refractivity contribution in [2.75, 3.05) is 6.61 Å². The lowest BCUT2D eigenvalue weighted by Crippen LogP contribution is -2.26. The number of ether oxygens (including phenoxy) is 2. The quantitative estimate of drug-likeness (QED) is 0.536. The van der Waals surface area contributed by atoms with Crippen LogP contribution in [0.1, 0.15) is 84.4 Å². The first-order chi connectivity index (χ1) is 13.9. The van der Waals surface area contributed by atoms with E-state index in [0.29, 0.717) is 18.1 Å². The molecule has 0 aliphatic heterocycles. The van der Waals surface area contributed by atoms with E-state index in [-0.39, 0.29) is 22.3 Å². The van der Waals surface area contributed by atoms with Gasteiger partial charge in [0.05, 0.1) is 6.61 Å². The summed E-state index contributed by atoms with van der Waals surface area (Å²) in [4.78, 5) is 0. The second kappa shape index (κ2) is 7.72. The number of phenols is 2. The molecule has 0 saturated carbocycles. The Kier molecular flexibility index (Phi) is 5.74. The third-order valence-electron chi connectivity index (χ3n) is 5.97. The fraction of sp³-hybridized carbons (Fsp3) is 0.538. The number of fused-ring (bicyclic) bond motifs is 1. The van der Waals surface area contributed by atoms with E-state index in [0.717, 1.165) is 30.4 Å². The number of hydrogen-bond donors (Lipinski definition) is 2. The van der Waals surface area contributed by atoms with Crippen LogP contribution in [0.4, 0.5) is 0 Å². The predicted octanol–water partition coefficient (Wildman–Crippen LogP) is 6.44. The Morgan fingerprint density at radius 2 is 1.67 bits per heavy atom. The van der Waals surface area contributed by atoms with E-state index in [1.54, 1.807) is 12.1 Å². The van der Waals surface area contributed by atoms with E-state index in [2.05, 4.69) is 27.7 Å². The van der Waals surface area contributed by atoms with Crippen LogP contribution in [-0.2, 0) is 10.8 Å². The highest BCUT2D eigenvalue weighted by Crippen LogP contribution is 2.58. The maximum absolute atomic E-state index is 10.7. The highest BCUT2D eigenvalue weighted by Gasteiger charge is 2.48. The summed E-state index contributed by atoms with van der Waals surface area (Å²) in [5.74, 6) is 1.37. The molecule has 0 aromatic heterocycles. The van der Waals surface area contributed by atoms with E-state index < -0.39 is 5.60 Å². The molecule has 1 aliphatic carbocycles. The molecule has 1 aliphatic rings. The monoisotopic (exact) mass is 412 g/mol. The van der Waals surface area contributed by atoms with Gasteiger partial charge >= 0.3 is 0 Å². The molecule has 4 nitrogen and oxygen atoms in total. The zero-order valence-electron chi connectivity index (χ0n) is 19.4. The molecular weight excluding hydrogens is 376 g/mol. The zero-order valence-corrected chi connectivity index (χ0v) is 19.4. The van der Waals surface area contributed by atoms with Crippen LogP contribution in [0.25, 0.3) is 0 Å². The normalized spacial score (nSPS) is 20.1. The van der Waals surface area contributed by atoms with Gasteiger partial charge in [0.1, 0.15) is 5.60 Å². The van der Waals surface area contributed by atoms with Gasteiger partial charge in [-0.05, 0) is 68.4 Å². The van der Waals surface area contributed by atoms with Gasteiger partial charge in [0.15, 0.2) is 23.0 Å². The molecule has 3 rings (SSSR count). The van der Waals surface area contributed by atoms with Gasteiger partial charge < -0.3 is 19.7 Å². The van der Waals surface area contributed by atoms with Gasteiger partial charge in [-0.2, -0.15) is 0 Å². The van der Waals surface area contributed by atoms with E-state index >= 15 is 0 Å². The van der Waals surface area contributed by atoms with Crippen molar-refractivity contribution >= 4 is 0 Å². The summed E-state index contributed by atoms with van der Waals surface area (Å²) in [7, 11) is 0.